The minimum atomic E-state index is -0.330. The van der Waals surface area contributed by atoms with Gasteiger partial charge in [-0.3, -0.25) is 0 Å². The maximum atomic E-state index is 9.73. The van der Waals surface area contributed by atoms with E-state index in [4.69, 9.17) is 5.73 Å². The van der Waals surface area contributed by atoms with E-state index in [0.29, 0.717) is 24.5 Å². The fraction of sp³-hybridized carbons (Fsp3) is 1.00. The fourth-order valence-electron chi connectivity index (χ4n) is 2.24. The van der Waals surface area contributed by atoms with Gasteiger partial charge in [0.1, 0.15) is 0 Å². The average Bonchev–Trinajstić information content (AvgIpc) is 2.23. The molecule has 0 radical (unpaired) electrons. The third-order valence-corrected chi connectivity index (χ3v) is 3.22. The maximum Gasteiger partial charge on any atom is 0.0788 e. The molecule has 0 bridgehead atoms. The molecule has 5 N–H and O–H groups in total. The first kappa shape index (κ1) is 18.8. The summed E-state index contributed by atoms with van der Waals surface area (Å²) in [6.07, 6.45) is 4.20. The first-order valence-electron chi connectivity index (χ1n) is 7.56. The second kappa shape index (κ2) is 9.70. The monoisotopic (exact) mass is 273 g/mol. The molecule has 0 saturated carbocycles. The van der Waals surface area contributed by atoms with Crippen molar-refractivity contribution in [3.8, 4) is 0 Å². The van der Waals surface area contributed by atoms with E-state index in [1.807, 2.05) is 14.0 Å². The zero-order valence-corrected chi connectivity index (χ0v) is 13.5. The van der Waals surface area contributed by atoms with Crippen LogP contribution in [-0.2, 0) is 0 Å². The number of likely N-dealkylation sites (N-methyl/N-ethyl adjacent to an activating group) is 1. The molecule has 19 heavy (non-hydrogen) atoms. The summed E-state index contributed by atoms with van der Waals surface area (Å²) in [5, 5.41) is 16.2. The van der Waals surface area contributed by atoms with E-state index >= 15 is 0 Å². The van der Waals surface area contributed by atoms with Crippen LogP contribution in [0.2, 0.25) is 0 Å². The smallest absolute Gasteiger partial charge is 0.0788 e. The molecule has 0 spiro atoms. The summed E-state index contributed by atoms with van der Waals surface area (Å²) < 4.78 is 0. The normalized spacial score (nSPS) is 17.2. The van der Waals surface area contributed by atoms with Crippen LogP contribution in [0.5, 0.6) is 0 Å². The second-order valence-corrected chi connectivity index (χ2v) is 6.98. The van der Waals surface area contributed by atoms with E-state index in [0.717, 1.165) is 12.8 Å². The van der Waals surface area contributed by atoms with Crippen molar-refractivity contribution in [1.29, 1.82) is 0 Å². The van der Waals surface area contributed by atoms with E-state index in [-0.39, 0.29) is 12.1 Å². The number of nitrogens with one attached hydrogen (secondary N) is 2. The van der Waals surface area contributed by atoms with Gasteiger partial charge in [-0.25, -0.2) is 0 Å². The van der Waals surface area contributed by atoms with E-state index in [2.05, 4.69) is 31.4 Å². The third-order valence-electron chi connectivity index (χ3n) is 3.22. The van der Waals surface area contributed by atoms with Crippen molar-refractivity contribution in [3.05, 3.63) is 0 Å². The zero-order chi connectivity index (χ0) is 14.9. The standard InChI is InChI=1S/C15H35N3O/c1-12(16)9-13(7-6-8-15(2,3)4)18-11-14(19)10-17-5/h12-14,17-19H,6-11,16H2,1-5H3. The number of aliphatic hydroxyl groups excluding tert-OH is 1. The molecule has 0 aromatic heterocycles. The van der Waals surface area contributed by atoms with Crippen molar-refractivity contribution in [3.63, 3.8) is 0 Å². The Labute approximate surface area is 119 Å². The Kier molecular flexibility index (Phi) is 9.62. The van der Waals surface area contributed by atoms with Crippen LogP contribution in [0.25, 0.3) is 0 Å². The van der Waals surface area contributed by atoms with Crippen LogP contribution in [0.4, 0.5) is 0 Å². The molecule has 3 unspecified atom stereocenters. The molecule has 0 saturated heterocycles. The highest BCUT2D eigenvalue weighted by Crippen LogP contribution is 2.22. The van der Waals surface area contributed by atoms with Crippen molar-refractivity contribution in [2.24, 2.45) is 11.1 Å². The van der Waals surface area contributed by atoms with Gasteiger partial charge in [-0.2, -0.15) is 0 Å². The highest BCUT2D eigenvalue weighted by atomic mass is 16.3. The minimum absolute atomic E-state index is 0.202. The number of hydrogen-bond acceptors (Lipinski definition) is 4. The van der Waals surface area contributed by atoms with Gasteiger partial charge < -0.3 is 21.5 Å². The van der Waals surface area contributed by atoms with Crippen LogP contribution in [0, 0.1) is 5.41 Å². The van der Waals surface area contributed by atoms with E-state index in [9.17, 15) is 5.11 Å². The van der Waals surface area contributed by atoms with Gasteiger partial charge in [0.15, 0.2) is 0 Å². The summed E-state index contributed by atoms with van der Waals surface area (Å²) in [6.45, 7) is 10.1. The Morgan fingerprint density at radius 3 is 2.32 bits per heavy atom. The van der Waals surface area contributed by atoms with Crippen LogP contribution in [-0.4, -0.2) is 43.4 Å². The maximum absolute atomic E-state index is 9.73. The summed E-state index contributed by atoms with van der Waals surface area (Å²) in [7, 11) is 1.85. The van der Waals surface area contributed by atoms with Crippen molar-refractivity contribution >= 4 is 0 Å². The largest absolute Gasteiger partial charge is 0.390 e. The van der Waals surface area contributed by atoms with Crippen molar-refractivity contribution in [2.75, 3.05) is 20.1 Å². The molecule has 0 amide bonds. The number of hydrogen-bond donors (Lipinski definition) is 4. The topological polar surface area (TPSA) is 70.3 Å². The number of nitrogens with two attached hydrogens (primary N) is 1. The lowest BCUT2D eigenvalue weighted by Gasteiger charge is -2.24. The summed E-state index contributed by atoms with van der Waals surface area (Å²) in [5.74, 6) is 0. The molecule has 4 nitrogen and oxygen atoms in total. The van der Waals surface area contributed by atoms with Gasteiger partial charge >= 0.3 is 0 Å². The van der Waals surface area contributed by atoms with Crippen molar-refractivity contribution < 1.29 is 5.11 Å². The lowest BCUT2D eigenvalue weighted by molar-refractivity contribution is 0.163. The molecule has 0 rings (SSSR count). The van der Waals surface area contributed by atoms with Crippen LogP contribution in [0.15, 0.2) is 0 Å². The van der Waals surface area contributed by atoms with Crippen LogP contribution in [0.1, 0.15) is 53.4 Å². The lowest BCUT2D eigenvalue weighted by Crippen LogP contribution is -2.41. The molecular formula is C15H35N3O. The van der Waals surface area contributed by atoms with Gasteiger partial charge in [0.25, 0.3) is 0 Å². The average molecular weight is 273 g/mol. The lowest BCUT2D eigenvalue weighted by atomic mass is 9.88. The SMILES string of the molecule is CNCC(O)CNC(CCCC(C)(C)C)CC(C)N. The predicted octanol–water partition coefficient (Wildman–Crippen LogP) is 1.48. The molecule has 0 fully saturated rings. The second-order valence-electron chi connectivity index (χ2n) is 6.98. The van der Waals surface area contributed by atoms with Gasteiger partial charge in [0.05, 0.1) is 6.10 Å². The Hall–Kier alpha value is -0.160. The molecule has 0 heterocycles. The molecule has 116 valence electrons. The van der Waals surface area contributed by atoms with Crippen LogP contribution >= 0.6 is 0 Å². The first-order valence-corrected chi connectivity index (χ1v) is 7.56. The highest BCUT2D eigenvalue weighted by molar-refractivity contribution is 4.75. The molecule has 3 atom stereocenters. The summed E-state index contributed by atoms with van der Waals surface area (Å²) >= 11 is 0. The molecule has 0 aromatic carbocycles. The summed E-state index contributed by atoms with van der Waals surface area (Å²) in [6, 6.07) is 0.613. The number of rotatable bonds is 10. The summed E-state index contributed by atoms with van der Waals surface area (Å²) in [5.41, 5.74) is 6.29. The Bertz CT molecular complexity index is 214. The number of aliphatic hydroxyl groups is 1. The predicted molar refractivity (Wildman–Crippen MR) is 83.3 cm³/mol. The van der Waals surface area contributed by atoms with Gasteiger partial charge in [-0.15, -0.1) is 0 Å². The molecule has 0 aromatic rings. The van der Waals surface area contributed by atoms with Gasteiger partial charge in [-0.05, 0) is 38.6 Å². The Balaban J connectivity index is 4.01. The van der Waals surface area contributed by atoms with Gasteiger partial charge in [0.2, 0.25) is 0 Å². The van der Waals surface area contributed by atoms with Crippen LogP contribution in [0.3, 0.4) is 0 Å². The van der Waals surface area contributed by atoms with E-state index in [1.54, 1.807) is 0 Å². The zero-order valence-electron chi connectivity index (χ0n) is 13.5. The van der Waals surface area contributed by atoms with E-state index < -0.39 is 0 Å². The molecule has 0 aliphatic rings. The molecule has 0 aliphatic heterocycles. The van der Waals surface area contributed by atoms with Gasteiger partial charge in [0, 0.05) is 25.2 Å². The minimum Gasteiger partial charge on any atom is -0.390 e. The Morgan fingerprint density at radius 1 is 1.21 bits per heavy atom. The quantitative estimate of drug-likeness (QED) is 0.487. The van der Waals surface area contributed by atoms with Crippen molar-refractivity contribution in [1.82, 2.24) is 10.6 Å². The van der Waals surface area contributed by atoms with Crippen molar-refractivity contribution in [2.45, 2.75) is 71.6 Å². The van der Waals surface area contributed by atoms with Gasteiger partial charge in [-0.1, -0.05) is 27.2 Å². The first-order chi connectivity index (χ1) is 8.74. The fourth-order valence-corrected chi connectivity index (χ4v) is 2.24. The van der Waals surface area contributed by atoms with E-state index in [1.165, 1.54) is 12.8 Å². The highest BCUT2D eigenvalue weighted by Gasteiger charge is 2.15. The third kappa shape index (κ3) is 12.6. The Morgan fingerprint density at radius 2 is 1.84 bits per heavy atom. The molecular weight excluding hydrogens is 238 g/mol. The molecule has 0 aliphatic carbocycles. The molecule has 4 heteroatoms. The van der Waals surface area contributed by atoms with Crippen LogP contribution < -0.4 is 16.4 Å². The summed E-state index contributed by atoms with van der Waals surface area (Å²) in [4.78, 5) is 0.